The third kappa shape index (κ3) is 3.95. The Morgan fingerprint density at radius 1 is 1.43 bits per heavy atom. The number of aliphatic hydroxyl groups excluding tert-OH is 1. The number of ether oxygens (including phenoxy) is 1. The highest BCUT2D eigenvalue weighted by Gasteiger charge is 2.31. The van der Waals surface area contributed by atoms with Gasteiger partial charge in [0, 0.05) is 26.2 Å². The lowest BCUT2D eigenvalue weighted by Crippen LogP contribution is -2.40. The van der Waals surface area contributed by atoms with E-state index in [1.165, 1.54) is 12.8 Å². The van der Waals surface area contributed by atoms with Gasteiger partial charge in [0.25, 0.3) is 0 Å². The van der Waals surface area contributed by atoms with Crippen molar-refractivity contribution < 1.29 is 9.84 Å². The topological polar surface area (TPSA) is 32.7 Å². The van der Waals surface area contributed by atoms with E-state index in [4.69, 9.17) is 4.74 Å². The van der Waals surface area contributed by atoms with Crippen molar-refractivity contribution >= 4 is 0 Å². The molecule has 0 aromatic heterocycles. The van der Waals surface area contributed by atoms with Crippen LogP contribution in [0.5, 0.6) is 0 Å². The summed E-state index contributed by atoms with van der Waals surface area (Å²) in [5.41, 5.74) is 0. The average Bonchev–Trinajstić information content (AvgIpc) is 2.94. The lowest BCUT2D eigenvalue weighted by Gasteiger charge is -2.28. The van der Waals surface area contributed by atoms with Gasteiger partial charge in [0.2, 0.25) is 0 Å². The molecule has 1 unspecified atom stereocenters. The maximum Gasteiger partial charge on any atom is 0.0695 e. The second-order valence-electron chi connectivity index (χ2n) is 4.49. The minimum Gasteiger partial charge on any atom is -0.392 e. The van der Waals surface area contributed by atoms with E-state index in [0.29, 0.717) is 12.0 Å². The molecule has 0 aromatic carbocycles. The van der Waals surface area contributed by atoms with Gasteiger partial charge in [-0.05, 0) is 32.6 Å². The van der Waals surface area contributed by atoms with Gasteiger partial charge in [-0.2, -0.15) is 0 Å². The summed E-state index contributed by atoms with van der Waals surface area (Å²) in [6.07, 6.45) is 2.28. The molecule has 1 aliphatic rings. The largest absolute Gasteiger partial charge is 0.392 e. The van der Waals surface area contributed by atoms with E-state index >= 15 is 0 Å². The molecule has 1 N–H and O–H groups in total. The van der Waals surface area contributed by atoms with E-state index in [1.807, 2.05) is 0 Å². The minimum absolute atomic E-state index is 0.130. The van der Waals surface area contributed by atoms with Gasteiger partial charge in [-0.3, -0.25) is 4.90 Å². The summed E-state index contributed by atoms with van der Waals surface area (Å²) in [6, 6.07) is 0.485. The third-order valence-corrected chi connectivity index (χ3v) is 2.90. The van der Waals surface area contributed by atoms with E-state index in [1.54, 1.807) is 7.11 Å². The first-order valence-corrected chi connectivity index (χ1v) is 5.56. The highest BCUT2D eigenvalue weighted by Crippen LogP contribution is 2.32. The first-order chi connectivity index (χ1) is 6.65. The molecule has 0 radical (unpaired) electrons. The maximum atomic E-state index is 9.83. The summed E-state index contributed by atoms with van der Waals surface area (Å²) >= 11 is 0. The fourth-order valence-corrected chi connectivity index (χ4v) is 1.64. The molecule has 0 heterocycles. The van der Waals surface area contributed by atoms with Crippen LogP contribution in [-0.2, 0) is 4.74 Å². The molecule has 1 aliphatic carbocycles. The number of hydrogen-bond donors (Lipinski definition) is 1. The van der Waals surface area contributed by atoms with Crippen molar-refractivity contribution in [1.29, 1.82) is 0 Å². The van der Waals surface area contributed by atoms with Gasteiger partial charge >= 0.3 is 0 Å². The van der Waals surface area contributed by atoms with Crippen molar-refractivity contribution in [3.63, 3.8) is 0 Å². The SMILES string of the molecule is COCCN(CC(O)C1CC1)C(C)C. The molecule has 1 atom stereocenters. The average molecular weight is 201 g/mol. The van der Waals surface area contributed by atoms with Crippen molar-refractivity contribution in [3.05, 3.63) is 0 Å². The van der Waals surface area contributed by atoms with Gasteiger partial charge < -0.3 is 9.84 Å². The van der Waals surface area contributed by atoms with Crippen molar-refractivity contribution in [2.45, 2.75) is 38.8 Å². The lowest BCUT2D eigenvalue weighted by molar-refractivity contribution is 0.0616. The van der Waals surface area contributed by atoms with Gasteiger partial charge in [0.05, 0.1) is 12.7 Å². The van der Waals surface area contributed by atoms with Crippen LogP contribution >= 0.6 is 0 Å². The van der Waals surface area contributed by atoms with Crippen LogP contribution in [0.3, 0.4) is 0 Å². The first kappa shape index (κ1) is 12.0. The molecule has 0 saturated heterocycles. The predicted molar refractivity (Wildman–Crippen MR) is 57.3 cm³/mol. The number of aliphatic hydroxyl groups is 1. The molecular formula is C11H23NO2. The van der Waals surface area contributed by atoms with Crippen LogP contribution in [0.2, 0.25) is 0 Å². The second kappa shape index (κ2) is 5.69. The van der Waals surface area contributed by atoms with Crippen LogP contribution in [-0.4, -0.2) is 49.0 Å². The Morgan fingerprint density at radius 2 is 2.07 bits per heavy atom. The summed E-state index contributed by atoms with van der Waals surface area (Å²) < 4.78 is 5.06. The predicted octanol–water partition coefficient (Wildman–Crippen LogP) is 1.11. The molecule has 84 valence electrons. The number of hydrogen-bond acceptors (Lipinski definition) is 3. The van der Waals surface area contributed by atoms with E-state index < -0.39 is 0 Å². The molecule has 1 saturated carbocycles. The molecule has 0 bridgehead atoms. The number of nitrogens with zero attached hydrogens (tertiary/aromatic N) is 1. The van der Waals surface area contributed by atoms with Crippen molar-refractivity contribution in [3.8, 4) is 0 Å². The van der Waals surface area contributed by atoms with Gasteiger partial charge in [0.15, 0.2) is 0 Å². The molecule has 0 spiro atoms. The van der Waals surface area contributed by atoms with Crippen LogP contribution in [0.4, 0.5) is 0 Å². The van der Waals surface area contributed by atoms with E-state index in [9.17, 15) is 5.11 Å². The van der Waals surface area contributed by atoms with E-state index in [-0.39, 0.29) is 6.10 Å². The fraction of sp³-hybridized carbons (Fsp3) is 1.00. The van der Waals surface area contributed by atoms with Gasteiger partial charge in [-0.25, -0.2) is 0 Å². The first-order valence-electron chi connectivity index (χ1n) is 5.56. The van der Waals surface area contributed by atoms with Crippen molar-refractivity contribution in [2.75, 3.05) is 26.8 Å². The third-order valence-electron chi connectivity index (χ3n) is 2.90. The van der Waals surface area contributed by atoms with Crippen molar-refractivity contribution in [1.82, 2.24) is 4.90 Å². The van der Waals surface area contributed by atoms with E-state index in [0.717, 1.165) is 19.7 Å². The van der Waals surface area contributed by atoms with Crippen LogP contribution in [0.25, 0.3) is 0 Å². The number of methoxy groups -OCH3 is 1. The van der Waals surface area contributed by atoms with Gasteiger partial charge in [-0.15, -0.1) is 0 Å². The zero-order valence-electron chi connectivity index (χ0n) is 9.57. The molecule has 1 fully saturated rings. The summed E-state index contributed by atoms with van der Waals surface area (Å²) in [5, 5.41) is 9.83. The summed E-state index contributed by atoms with van der Waals surface area (Å²) in [7, 11) is 1.72. The van der Waals surface area contributed by atoms with Crippen LogP contribution < -0.4 is 0 Å². The Morgan fingerprint density at radius 3 is 2.50 bits per heavy atom. The maximum absolute atomic E-state index is 9.83. The molecule has 0 aromatic rings. The summed E-state index contributed by atoms with van der Waals surface area (Å²) in [6.45, 7) is 6.78. The van der Waals surface area contributed by atoms with Crippen molar-refractivity contribution in [2.24, 2.45) is 5.92 Å². The molecule has 14 heavy (non-hydrogen) atoms. The fourth-order valence-electron chi connectivity index (χ4n) is 1.64. The Hall–Kier alpha value is -0.120. The quantitative estimate of drug-likeness (QED) is 0.670. The highest BCUT2D eigenvalue weighted by molar-refractivity contribution is 4.83. The molecule has 0 amide bonds. The molecule has 0 aliphatic heterocycles. The standard InChI is InChI=1S/C11H23NO2/c1-9(2)12(6-7-14-3)8-11(13)10-4-5-10/h9-11,13H,4-8H2,1-3H3. The molecular weight excluding hydrogens is 178 g/mol. The number of rotatable bonds is 7. The molecule has 1 rings (SSSR count). The molecule has 3 nitrogen and oxygen atoms in total. The van der Waals surface area contributed by atoms with Crippen LogP contribution in [0.1, 0.15) is 26.7 Å². The lowest BCUT2D eigenvalue weighted by atomic mass is 10.2. The Balaban J connectivity index is 2.25. The van der Waals surface area contributed by atoms with Crippen LogP contribution in [0.15, 0.2) is 0 Å². The summed E-state index contributed by atoms with van der Waals surface area (Å²) in [4.78, 5) is 2.28. The summed E-state index contributed by atoms with van der Waals surface area (Å²) in [5.74, 6) is 0.568. The van der Waals surface area contributed by atoms with E-state index in [2.05, 4.69) is 18.7 Å². The van der Waals surface area contributed by atoms with Gasteiger partial charge in [-0.1, -0.05) is 0 Å². The minimum atomic E-state index is -0.130. The Kier molecular flexibility index (Phi) is 4.85. The normalized spacial score (nSPS) is 19.3. The Labute approximate surface area is 87.1 Å². The second-order valence-corrected chi connectivity index (χ2v) is 4.49. The van der Waals surface area contributed by atoms with Gasteiger partial charge in [0.1, 0.15) is 0 Å². The zero-order chi connectivity index (χ0) is 10.6. The van der Waals surface area contributed by atoms with Crippen LogP contribution in [0, 0.1) is 5.92 Å². The smallest absolute Gasteiger partial charge is 0.0695 e. The zero-order valence-corrected chi connectivity index (χ0v) is 9.57. The highest BCUT2D eigenvalue weighted by atomic mass is 16.5. The molecule has 3 heteroatoms. The Bertz CT molecular complexity index is 157. The monoisotopic (exact) mass is 201 g/mol.